The van der Waals surface area contributed by atoms with Crippen LogP contribution in [0.2, 0.25) is 0 Å². The smallest absolute Gasteiger partial charge is 0.407 e. The number of aliphatic carboxylic acids is 1. The van der Waals surface area contributed by atoms with Gasteiger partial charge in [-0.15, -0.1) is 0 Å². The molecular formula is C16H19F2NO4. The lowest BCUT2D eigenvalue weighted by Gasteiger charge is -2.25. The van der Waals surface area contributed by atoms with Gasteiger partial charge in [0, 0.05) is 6.42 Å². The minimum Gasteiger partial charge on any atom is -0.481 e. The number of benzene rings is 1. The molecule has 23 heavy (non-hydrogen) atoms. The number of carboxylic acid groups (broad SMARTS) is 1. The van der Waals surface area contributed by atoms with E-state index in [1.807, 2.05) is 6.07 Å². The summed E-state index contributed by atoms with van der Waals surface area (Å²) in [7, 11) is 0. The first-order valence-corrected chi connectivity index (χ1v) is 7.46. The van der Waals surface area contributed by atoms with Crippen LogP contribution in [0.1, 0.15) is 31.2 Å². The topological polar surface area (TPSA) is 75.6 Å². The van der Waals surface area contributed by atoms with Crippen molar-refractivity contribution >= 4 is 12.1 Å². The van der Waals surface area contributed by atoms with Crippen LogP contribution in [0.25, 0.3) is 0 Å². The molecule has 0 radical (unpaired) electrons. The Labute approximate surface area is 132 Å². The first kappa shape index (κ1) is 17.2. The molecule has 5 nitrogen and oxygen atoms in total. The van der Waals surface area contributed by atoms with E-state index in [1.165, 1.54) is 0 Å². The lowest BCUT2D eigenvalue weighted by atomic mass is 10.0. The highest BCUT2D eigenvalue weighted by Crippen LogP contribution is 2.35. The van der Waals surface area contributed by atoms with Crippen molar-refractivity contribution in [2.75, 3.05) is 0 Å². The van der Waals surface area contributed by atoms with Gasteiger partial charge in [-0.1, -0.05) is 30.3 Å². The number of carboxylic acids is 1. The third-order valence-electron chi connectivity index (χ3n) is 3.99. The van der Waals surface area contributed by atoms with Crippen molar-refractivity contribution < 1.29 is 28.2 Å². The molecule has 126 valence electrons. The maximum Gasteiger partial charge on any atom is 0.407 e. The standard InChI is InChI=1S/C16H19F2NO4/c17-16(18)9-8-12(14(20)21)6-7-13(16)19-15(22)23-10-11-4-2-1-3-5-11/h1-5,12-13H,6-10H2,(H,19,22)(H,20,21)/t12-,13-/m0/s1. The molecule has 1 fully saturated rings. The van der Waals surface area contributed by atoms with Gasteiger partial charge in [-0.3, -0.25) is 4.79 Å². The average Bonchev–Trinajstić information content (AvgIpc) is 2.66. The highest BCUT2D eigenvalue weighted by molar-refractivity contribution is 5.70. The SMILES string of the molecule is O=C(N[C@H]1CC[C@H](C(=O)O)CCC1(F)F)OCc1ccccc1. The van der Waals surface area contributed by atoms with E-state index in [-0.39, 0.29) is 25.9 Å². The average molecular weight is 327 g/mol. The number of hydrogen-bond donors (Lipinski definition) is 2. The van der Waals surface area contributed by atoms with Crippen molar-refractivity contribution in [3.8, 4) is 0 Å². The Bertz CT molecular complexity index is 550. The number of amides is 1. The Balaban J connectivity index is 1.89. The number of carbonyl (C=O) groups excluding carboxylic acids is 1. The van der Waals surface area contributed by atoms with E-state index >= 15 is 0 Å². The Morgan fingerprint density at radius 2 is 1.91 bits per heavy atom. The minimum absolute atomic E-state index is 0.0112. The first-order valence-electron chi connectivity index (χ1n) is 7.46. The van der Waals surface area contributed by atoms with Crippen LogP contribution in [0.15, 0.2) is 30.3 Å². The van der Waals surface area contributed by atoms with E-state index in [0.717, 1.165) is 5.56 Å². The van der Waals surface area contributed by atoms with Crippen LogP contribution in [-0.2, 0) is 16.1 Å². The lowest BCUT2D eigenvalue weighted by Crippen LogP contribution is -2.47. The van der Waals surface area contributed by atoms with Gasteiger partial charge >= 0.3 is 12.1 Å². The number of carbonyl (C=O) groups is 2. The lowest BCUT2D eigenvalue weighted by molar-refractivity contribution is -0.142. The van der Waals surface area contributed by atoms with Gasteiger partial charge in [0.2, 0.25) is 0 Å². The van der Waals surface area contributed by atoms with Gasteiger partial charge < -0.3 is 15.2 Å². The van der Waals surface area contributed by atoms with Crippen molar-refractivity contribution in [1.82, 2.24) is 5.32 Å². The number of alkyl halides is 2. The van der Waals surface area contributed by atoms with Crippen LogP contribution < -0.4 is 5.32 Å². The summed E-state index contributed by atoms with van der Waals surface area (Å²) in [4.78, 5) is 22.7. The van der Waals surface area contributed by atoms with Gasteiger partial charge in [-0.2, -0.15) is 0 Å². The van der Waals surface area contributed by atoms with Gasteiger partial charge in [0.1, 0.15) is 6.61 Å². The fraction of sp³-hybridized carbons (Fsp3) is 0.500. The minimum atomic E-state index is -3.14. The number of ether oxygens (including phenoxy) is 1. The van der Waals surface area contributed by atoms with E-state index in [1.54, 1.807) is 24.3 Å². The molecular weight excluding hydrogens is 308 g/mol. The zero-order valence-corrected chi connectivity index (χ0v) is 12.5. The van der Waals surface area contributed by atoms with Crippen LogP contribution in [0.4, 0.5) is 13.6 Å². The molecule has 1 aliphatic carbocycles. The predicted octanol–water partition coefficient (Wildman–Crippen LogP) is 3.19. The van der Waals surface area contributed by atoms with Crippen molar-refractivity contribution in [3.05, 3.63) is 35.9 Å². The van der Waals surface area contributed by atoms with Crippen molar-refractivity contribution in [3.63, 3.8) is 0 Å². The second kappa shape index (κ2) is 7.39. The summed E-state index contributed by atoms with van der Waals surface area (Å²) in [5.41, 5.74) is 0.751. The zero-order chi connectivity index (χ0) is 16.9. The van der Waals surface area contributed by atoms with Crippen LogP contribution in [0.3, 0.4) is 0 Å². The van der Waals surface area contributed by atoms with Crippen molar-refractivity contribution in [2.24, 2.45) is 5.92 Å². The molecule has 1 saturated carbocycles. The summed E-state index contributed by atoms with van der Waals surface area (Å²) in [6, 6.07) is 7.48. The molecule has 1 aromatic carbocycles. The number of rotatable bonds is 4. The van der Waals surface area contributed by atoms with Gasteiger partial charge in [0.25, 0.3) is 5.92 Å². The van der Waals surface area contributed by atoms with E-state index in [9.17, 15) is 18.4 Å². The Kier molecular flexibility index (Phi) is 5.52. The zero-order valence-electron chi connectivity index (χ0n) is 12.5. The van der Waals surface area contributed by atoms with Gasteiger partial charge in [-0.05, 0) is 24.8 Å². The van der Waals surface area contributed by atoms with Crippen LogP contribution in [-0.4, -0.2) is 29.1 Å². The highest BCUT2D eigenvalue weighted by atomic mass is 19.3. The summed E-state index contributed by atoms with van der Waals surface area (Å²) in [5, 5.41) is 11.1. The number of hydrogen-bond acceptors (Lipinski definition) is 3. The van der Waals surface area contributed by atoms with Gasteiger partial charge in [0.05, 0.1) is 12.0 Å². The van der Waals surface area contributed by atoms with E-state index in [0.29, 0.717) is 0 Å². The predicted molar refractivity (Wildman–Crippen MR) is 78.1 cm³/mol. The molecule has 0 saturated heterocycles. The third kappa shape index (κ3) is 4.91. The Hall–Kier alpha value is -2.18. The van der Waals surface area contributed by atoms with Crippen LogP contribution in [0.5, 0.6) is 0 Å². The molecule has 7 heteroatoms. The maximum absolute atomic E-state index is 14.0. The van der Waals surface area contributed by atoms with Gasteiger partial charge in [0.15, 0.2) is 0 Å². The van der Waals surface area contributed by atoms with Crippen LogP contribution in [0, 0.1) is 5.92 Å². The number of nitrogens with one attached hydrogen (secondary N) is 1. The molecule has 0 aliphatic heterocycles. The number of alkyl carbamates (subject to hydrolysis) is 1. The molecule has 2 rings (SSSR count). The molecule has 0 unspecified atom stereocenters. The number of halogens is 2. The maximum atomic E-state index is 14.0. The third-order valence-corrected chi connectivity index (χ3v) is 3.99. The molecule has 0 heterocycles. The van der Waals surface area contributed by atoms with E-state index in [4.69, 9.17) is 9.84 Å². The van der Waals surface area contributed by atoms with E-state index < -0.39 is 36.4 Å². The highest BCUT2D eigenvalue weighted by Gasteiger charge is 2.44. The summed E-state index contributed by atoms with van der Waals surface area (Å²) in [6.07, 6.45) is -1.57. The largest absolute Gasteiger partial charge is 0.481 e. The fourth-order valence-corrected chi connectivity index (χ4v) is 2.60. The molecule has 1 amide bonds. The summed E-state index contributed by atoms with van der Waals surface area (Å²) < 4.78 is 33.0. The summed E-state index contributed by atoms with van der Waals surface area (Å²) >= 11 is 0. The van der Waals surface area contributed by atoms with Crippen molar-refractivity contribution in [1.29, 1.82) is 0 Å². The van der Waals surface area contributed by atoms with Crippen molar-refractivity contribution in [2.45, 2.75) is 44.3 Å². The summed E-state index contributed by atoms with van der Waals surface area (Å²) in [6.45, 7) is -0.0112. The molecule has 0 spiro atoms. The molecule has 0 bridgehead atoms. The first-order chi connectivity index (χ1) is 10.9. The second-order valence-corrected chi connectivity index (χ2v) is 5.67. The second-order valence-electron chi connectivity index (χ2n) is 5.67. The quantitative estimate of drug-likeness (QED) is 0.833. The van der Waals surface area contributed by atoms with Crippen LogP contribution >= 0.6 is 0 Å². The molecule has 2 atom stereocenters. The molecule has 0 aromatic heterocycles. The molecule has 2 N–H and O–H groups in total. The van der Waals surface area contributed by atoms with E-state index in [2.05, 4.69) is 5.32 Å². The Morgan fingerprint density at radius 3 is 2.57 bits per heavy atom. The normalized spacial score (nSPS) is 23.6. The molecule has 1 aromatic rings. The monoisotopic (exact) mass is 327 g/mol. The Morgan fingerprint density at radius 1 is 1.22 bits per heavy atom. The van der Waals surface area contributed by atoms with Gasteiger partial charge in [-0.25, -0.2) is 13.6 Å². The summed E-state index contributed by atoms with van der Waals surface area (Å²) in [5.74, 6) is -5.02. The molecule has 1 aliphatic rings. The fourth-order valence-electron chi connectivity index (χ4n) is 2.60.